The number of carbonyl (C=O) groups excluding carboxylic acids is 8. The highest BCUT2D eigenvalue weighted by Gasteiger charge is 2.33. The van der Waals surface area contributed by atoms with Gasteiger partial charge in [0, 0.05) is 51.7 Å². The van der Waals surface area contributed by atoms with Crippen LogP contribution in [0, 0.1) is 0 Å². The fraction of sp³-hybridized carbons (Fsp3) is 0.789. The van der Waals surface area contributed by atoms with Gasteiger partial charge in [-0.3, -0.25) is 24.0 Å². The Morgan fingerprint density at radius 1 is 0.492 bits per heavy atom. The Labute approximate surface area is 355 Å². The predicted octanol–water partition coefficient (Wildman–Crippen LogP) is -0.143. The lowest BCUT2D eigenvalue weighted by molar-refractivity contribution is -0.198. The number of amides is 6. The minimum absolute atomic E-state index is 0.0276. The van der Waals surface area contributed by atoms with Gasteiger partial charge in [-0.05, 0) is 20.8 Å². The fourth-order valence-electron chi connectivity index (χ4n) is 4.90. The Kier molecular flexibility index (Phi) is 27.2. The van der Waals surface area contributed by atoms with Crippen LogP contribution in [-0.4, -0.2) is 194 Å². The summed E-state index contributed by atoms with van der Waals surface area (Å²) in [7, 11) is 0. The van der Waals surface area contributed by atoms with Crippen LogP contribution in [0.5, 0.6) is 0 Å². The Morgan fingerprint density at radius 3 is 1.13 bits per heavy atom. The van der Waals surface area contributed by atoms with Crippen molar-refractivity contribution in [3.8, 4) is 0 Å². The number of imide groups is 2. The smallest absolute Gasteiger partial charge is 0.407 e. The average molecular weight is 879 g/mol. The summed E-state index contributed by atoms with van der Waals surface area (Å²) < 4.78 is 48.9. The van der Waals surface area contributed by atoms with E-state index in [1.54, 1.807) is 25.7 Å². The first-order chi connectivity index (χ1) is 29.3. The van der Waals surface area contributed by atoms with Gasteiger partial charge in [-0.1, -0.05) is 0 Å². The van der Waals surface area contributed by atoms with Crippen molar-refractivity contribution >= 4 is 47.6 Å². The Balaban J connectivity index is 1.48. The molecule has 2 heterocycles. The van der Waals surface area contributed by atoms with E-state index >= 15 is 0 Å². The molecule has 0 bridgehead atoms. The molecule has 0 unspecified atom stereocenters. The number of alkyl carbamates (subject to hydrolysis) is 1. The van der Waals surface area contributed by atoms with Crippen molar-refractivity contribution in [2.24, 2.45) is 0 Å². The summed E-state index contributed by atoms with van der Waals surface area (Å²) >= 11 is 0. The van der Waals surface area contributed by atoms with Crippen LogP contribution in [0.25, 0.3) is 0 Å². The van der Waals surface area contributed by atoms with Gasteiger partial charge in [-0.25, -0.2) is 14.4 Å². The van der Waals surface area contributed by atoms with Gasteiger partial charge >= 0.3 is 18.0 Å². The third kappa shape index (κ3) is 25.9. The molecule has 2 aliphatic rings. The lowest BCUT2D eigenvalue weighted by Crippen LogP contribution is -2.39. The molecule has 23 nitrogen and oxygen atoms in total. The highest BCUT2D eigenvalue weighted by molar-refractivity contribution is 6.02. The van der Waals surface area contributed by atoms with E-state index < -0.39 is 47.3 Å². The monoisotopic (exact) mass is 878 g/mol. The normalized spacial score (nSPS) is 14.2. The first-order valence-electron chi connectivity index (χ1n) is 20.3. The second-order valence-corrected chi connectivity index (χ2v) is 14.0. The molecule has 0 aromatic carbocycles. The van der Waals surface area contributed by atoms with Gasteiger partial charge in [-0.2, -0.15) is 0 Å². The number of nitrogens with zero attached hydrogens (tertiary/aromatic N) is 3. The minimum Gasteiger partial charge on any atom is -0.444 e. The van der Waals surface area contributed by atoms with Crippen molar-refractivity contribution in [3.63, 3.8) is 0 Å². The Hall–Kier alpha value is -4.36. The zero-order chi connectivity index (χ0) is 44.7. The highest BCUT2D eigenvalue weighted by Crippen LogP contribution is 2.13. The molecular weight excluding hydrogens is 816 g/mol. The van der Waals surface area contributed by atoms with Crippen molar-refractivity contribution in [2.45, 2.75) is 71.3 Å². The van der Waals surface area contributed by atoms with Gasteiger partial charge in [0.25, 0.3) is 23.6 Å². The zero-order valence-corrected chi connectivity index (χ0v) is 35.5. The van der Waals surface area contributed by atoms with E-state index in [1.807, 2.05) is 0 Å². The second-order valence-electron chi connectivity index (χ2n) is 14.0. The number of rotatable bonds is 35. The van der Waals surface area contributed by atoms with Crippen LogP contribution < -0.4 is 5.32 Å². The van der Waals surface area contributed by atoms with E-state index in [1.165, 1.54) is 0 Å². The van der Waals surface area contributed by atoms with E-state index in [0.717, 1.165) is 0 Å². The topological polar surface area (TPSA) is 260 Å². The van der Waals surface area contributed by atoms with Gasteiger partial charge in [0.15, 0.2) is 0 Å². The zero-order valence-electron chi connectivity index (χ0n) is 35.5. The molecule has 1 N–H and O–H groups in total. The summed E-state index contributed by atoms with van der Waals surface area (Å²) in [4.78, 5) is 105. The molecule has 0 aliphatic carbocycles. The summed E-state index contributed by atoms with van der Waals surface area (Å²) in [5.74, 6) is -3.84. The maximum Gasteiger partial charge on any atom is 0.407 e. The van der Waals surface area contributed by atoms with E-state index in [4.69, 9.17) is 52.3 Å². The van der Waals surface area contributed by atoms with Crippen LogP contribution in [0.1, 0.15) is 65.7 Å². The number of hydrogen-bond donors (Lipinski definition) is 1. The highest BCUT2D eigenvalue weighted by atomic mass is 16.7. The first-order valence-corrected chi connectivity index (χ1v) is 20.3. The summed E-state index contributed by atoms with van der Waals surface area (Å²) in [6.07, 6.45) is -0.698. The summed E-state index contributed by atoms with van der Waals surface area (Å²) in [6, 6.07) is 0. The molecule has 2 saturated heterocycles. The molecule has 0 aromatic heterocycles. The molecule has 0 saturated carbocycles. The van der Waals surface area contributed by atoms with Crippen LogP contribution in [0.4, 0.5) is 4.79 Å². The van der Waals surface area contributed by atoms with Crippen LogP contribution in [0.3, 0.4) is 0 Å². The lowest BCUT2D eigenvalue weighted by atomic mass is 10.2. The average Bonchev–Trinajstić information content (AvgIpc) is 3.69. The molecule has 0 spiro atoms. The maximum atomic E-state index is 13.0. The molecule has 6 amide bonds. The largest absolute Gasteiger partial charge is 0.444 e. The predicted molar refractivity (Wildman–Crippen MR) is 206 cm³/mol. The van der Waals surface area contributed by atoms with Gasteiger partial charge in [-0.15, -0.1) is 10.1 Å². The van der Waals surface area contributed by atoms with E-state index in [2.05, 4.69) is 5.32 Å². The molecular formula is C38H62N4O19. The number of ether oxygens (including phenoxy) is 9. The standard InChI is InChI=1S/C38H62N4O19/c1-38(2,3)59-37(50)39-11-8-30(43)40(12-16-53-20-24-57-28-26-55-22-18-51-14-9-35(48)60-41-31(44)4-5-32(41)45)13-17-54-21-25-58-29-27-56-23-19-52-15-10-36(49)61-42-33(46)6-7-34(42)47/h4-29H2,1-3H3,(H,39,50). The molecule has 2 fully saturated rings. The molecule has 2 aliphatic heterocycles. The number of hydrogen-bond acceptors (Lipinski definition) is 19. The maximum absolute atomic E-state index is 13.0. The van der Waals surface area contributed by atoms with Gasteiger partial charge in [0.2, 0.25) is 5.91 Å². The van der Waals surface area contributed by atoms with Crippen LogP contribution in [0.2, 0.25) is 0 Å². The molecule has 2 rings (SSSR count). The SMILES string of the molecule is CC(C)(C)OC(=O)NCCC(=O)N(CCOCCOCCOCCOCCC(=O)ON1C(=O)CCC1=O)CCOCCOCCOCCOCCC(=O)ON1C(=O)CCC1=O. The Bertz CT molecular complexity index is 1270. The van der Waals surface area contributed by atoms with E-state index in [0.29, 0.717) is 49.8 Å². The van der Waals surface area contributed by atoms with Crippen LogP contribution in [-0.2, 0) is 85.9 Å². The number of carbonyl (C=O) groups is 8. The van der Waals surface area contributed by atoms with Crippen molar-refractivity contribution in [3.05, 3.63) is 0 Å². The first kappa shape index (κ1) is 52.8. The minimum atomic E-state index is -0.737. The van der Waals surface area contributed by atoms with Gasteiger partial charge in [0.05, 0.1) is 119 Å². The lowest BCUT2D eigenvalue weighted by Gasteiger charge is -2.23. The van der Waals surface area contributed by atoms with Crippen molar-refractivity contribution in [1.82, 2.24) is 20.3 Å². The van der Waals surface area contributed by atoms with Crippen LogP contribution in [0.15, 0.2) is 0 Å². The summed E-state index contributed by atoms with van der Waals surface area (Å²) in [5, 5.41) is 3.57. The quantitative estimate of drug-likeness (QED) is 0.0642. The third-order valence-electron chi connectivity index (χ3n) is 7.90. The fourth-order valence-corrected chi connectivity index (χ4v) is 4.90. The van der Waals surface area contributed by atoms with Gasteiger partial charge < -0.3 is 62.5 Å². The van der Waals surface area contributed by atoms with E-state index in [9.17, 15) is 38.4 Å². The molecule has 0 aromatic rings. The van der Waals surface area contributed by atoms with E-state index in [-0.39, 0.29) is 137 Å². The van der Waals surface area contributed by atoms with Crippen molar-refractivity contribution in [1.29, 1.82) is 0 Å². The van der Waals surface area contributed by atoms with Gasteiger partial charge in [0.1, 0.15) is 5.60 Å². The van der Waals surface area contributed by atoms with Crippen molar-refractivity contribution in [2.75, 3.05) is 125 Å². The molecule has 61 heavy (non-hydrogen) atoms. The second kappa shape index (κ2) is 31.5. The summed E-state index contributed by atoms with van der Waals surface area (Å²) in [5.41, 5.74) is -0.667. The molecule has 348 valence electrons. The van der Waals surface area contributed by atoms with Crippen molar-refractivity contribution < 1.29 is 90.7 Å². The summed E-state index contributed by atoms with van der Waals surface area (Å²) in [6.45, 7) is 9.82. The molecule has 23 heteroatoms. The van der Waals surface area contributed by atoms with Crippen LogP contribution >= 0.6 is 0 Å². The number of hydroxylamine groups is 4. The Morgan fingerprint density at radius 2 is 0.803 bits per heavy atom. The number of nitrogens with one attached hydrogen (secondary N) is 1. The molecule has 0 radical (unpaired) electrons. The molecule has 0 atom stereocenters. The third-order valence-corrected chi connectivity index (χ3v) is 7.90.